The molecule has 0 bridgehead atoms. The van der Waals surface area contributed by atoms with E-state index in [1.54, 1.807) is 0 Å². The first kappa shape index (κ1) is 17.8. The van der Waals surface area contributed by atoms with E-state index in [0.29, 0.717) is 0 Å². The molecule has 1 aromatic carbocycles. The summed E-state index contributed by atoms with van der Waals surface area (Å²) in [4.78, 5) is 0.881. The third-order valence-electron chi connectivity index (χ3n) is 2.21. The van der Waals surface area contributed by atoms with Crippen LogP contribution in [0.15, 0.2) is 35.1 Å². The molecule has 0 amide bonds. The van der Waals surface area contributed by atoms with E-state index >= 15 is 0 Å². The number of halogens is 3. The van der Waals surface area contributed by atoms with Gasteiger partial charge in [0.25, 0.3) is 0 Å². The summed E-state index contributed by atoms with van der Waals surface area (Å²) in [6, 6.07) is 5.71. The van der Waals surface area contributed by atoms with Gasteiger partial charge in [0.15, 0.2) is 0 Å². The van der Waals surface area contributed by atoms with Crippen molar-refractivity contribution in [1.29, 1.82) is 0 Å². The molecule has 0 fully saturated rings. The second kappa shape index (κ2) is 7.41. The topological polar surface area (TPSA) is 0 Å². The Kier molecular flexibility index (Phi) is 7.75. The van der Waals surface area contributed by atoms with Gasteiger partial charge < -0.3 is 12.9 Å². The fourth-order valence-corrected chi connectivity index (χ4v) is 2.21. The third-order valence-corrected chi connectivity index (χ3v) is 3.49. The van der Waals surface area contributed by atoms with Crippen LogP contribution in [0.4, 0.5) is 12.9 Å². The van der Waals surface area contributed by atoms with Crippen molar-refractivity contribution in [2.45, 2.75) is 18.7 Å². The van der Waals surface area contributed by atoms with E-state index in [9.17, 15) is 12.9 Å². The summed E-state index contributed by atoms with van der Waals surface area (Å²) in [5.41, 5.74) is 1.48. The van der Waals surface area contributed by atoms with E-state index in [2.05, 4.69) is 6.58 Å². The monoisotopic (exact) mass is 284 g/mol. The molecule has 0 aliphatic carbocycles. The number of hydrogen-bond donors (Lipinski definition) is 0. The molecule has 0 aliphatic rings. The quantitative estimate of drug-likeness (QED) is 0.594. The Bertz CT molecular complexity index is 404. The van der Waals surface area contributed by atoms with Gasteiger partial charge in [0, 0.05) is 4.90 Å². The maximum Gasteiger partial charge on any atom is 1.00 e. The molecule has 0 atom stereocenters. The molecule has 0 aromatic heterocycles. The van der Waals surface area contributed by atoms with Crippen LogP contribution < -0.4 is 51.4 Å². The van der Waals surface area contributed by atoms with Gasteiger partial charge in [0.2, 0.25) is 0 Å². The molecule has 1 aromatic rings. The molecule has 0 unspecified atom stereocenters. The summed E-state index contributed by atoms with van der Waals surface area (Å²) in [6.07, 6.45) is 0. The molecule has 0 heterocycles. The fourth-order valence-electron chi connectivity index (χ4n) is 1.23. The van der Waals surface area contributed by atoms with E-state index in [0.717, 1.165) is 16.0 Å². The van der Waals surface area contributed by atoms with Gasteiger partial charge in [0.05, 0.1) is 0 Å². The zero-order chi connectivity index (χ0) is 12.3. The van der Waals surface area contributed by atoms with E-state index < -0.39 is 12.4 Å². The predicted octanol–water partition coefficient (Wildman–Crippen LogP) is 1.34. The normalized spacial score (nSPS) is 10.9. The SMILES string of the molecule is C=C(CSc1ccc(C)cc1C)[B-](F)(F)F.[K+]. The van der Waals surface area contributed by atoms with Gasteiger partial charge in [-0.3, -0.25) is 0 Å². The first-order valence-corrected chi connectivity index (χ1v) is 5.87. The van der Waals surface area contributed by atoms with Gasteiger partial charge >= 0.3 is 58.4 Å². The molecule has 1 rings (SSSR count). The molecule has 88 valence electrons. The number of hydrogen-bond acceptors (Lipinski definition) is 1. The van der Waals surface area contributed by atoms with Gasteiger partial charge in [0.1, 0.15) is 0 Å². The summed E-state index contributed by atoms with van der Waals surface area (Å²) in [6.45, 7) is 2.02. The molecule has 0 aliphatic heterocycles. The summed E-state index contributed by atoms with van der Waals surface area (Å²) < 4.78 is 36.8. The predicted molar refractivity (Wildman–Crippen MR) is 64.9 cm³/mol. The van der Waals surface area contributed by atoms with Crippen LogP contribution in [-0.4, -0.2) is 12.7 Å². The van der Waals surface area contributed by atoms with Gasteiger partial charge in [-0.25, -0.2) is 0 Å². The smallest absolute Gasteiger partial charge is 0.445 e. The Balaban J connectivity index is 0.00000256. The summed E-state index contributed by atoms with van der Waals surface area (Å²) in [5, 5.41) is 0. The average molecular weight is 284 g/mol. The molecule has 0 nitrogen and oxygen atoms in total. The maximum absolute atomic E-state index is 12.3. The Hall–Kier alpha value is 0.801. The Morgan fingerprint density at radius 2 is 1.88 bits per heavy atom. The van der Waals surface area contributed by atoms with Crippen molar-refractivity contribution in [2.24, 2.45) is 0 Å². The summed E-state index contributed by atoms with van der Waals surface area (Å²) in [7, 11) is 0. The zero-order valence-electron chi connectivity index (χ0n) is 10.3. The molecule has 0 saturated heterocycles. The van der Waals surface area contributed by atoms with Crippen molar-refractivity contribution >= 4 is 18.7 Å². The maximum atomic E-state index is 12.3. The van der Waals surface area contributed by atoms with Crippen LogP contribution in [0.5, 0.6) is 0 Å². The Morgan fingerprint density at radius 3 is 2.35 bits per heavy atom. The third kappa shape index (κ3) is 5.98. The molecule has 17 heavy (non-hydrogen) atoms. The molecular weight excluding hydrogens is 271 g/mol. The number of thioether (sulfide) groups is 1. The molecule has 0 saturated carbocycles. The van der Waals surface area contributed by atoms with Crippen LogP contribution in [0.3, 0.4) is 0 Å². The van der Waals surface area contributed by atoms with Crippen LogP contribution >= 0.6 is 11.8 Å². The number of benzene rings is 1. The standard InChI is InChI=1S/C11H13BF3S.K/c1-8-4-5-11(9(2)6-8)16-7-10(3)12(13,14)15;/h4-6H,3,7H2,1-2H3;/q-1;+1. The van der Waals surface area contributed by atoms with Gasteiger partial charge in [-0.1, -0.05) is 17.7 Å². The van der Waals surface area contributed by atoms with Gasteiger partial charge in [-0.2, -0.15) is 0 Å². The van der Waals surface area contributed by atoms with Crippen LogP contribution in [-0.2, 0) is 0 Å². The van der Waals surface area contributed by atoms with Crippen LogP contribution in [0.25, 0.3) is 0 Å². The van der Waals surface area contributed by atoms with Gasteiger partial charge in [-0.05, 0) is 31.2 Å². The molecular formula is C11H13BF3KS. The largest absolute Gasteiger partial charge is 1.00 e. The minimum atomic E-state index is -4.90. The van der Waals surface area contributed by atoms with Crippen molar-refractivity contribution in [3.05, 3.63) is 41.4 Å². The molecule has 0 spiro atoms. The van der Waals surface area contributed by atoms with Crippen molar-refractivity contribution in [3.63, 3.8) is 0 Å². The van der Waals surface area contributed by atoms with E-state index in [1.165, 1.54) is 11.8 Å². The van der Waals surface area contributed by atoms with Crippen LogP contribution in [0, 0.1) is 13.8 Å². The van der Waals surface area contributed by atoms with E-state index in [4.69, 9.17) is 0 Å². The van der Waals surface area contributed by atoms with Gasteiger partial charge in [-0.15, -0.1) is 23.8 Å². The molecule has 0 N–H and O–H groups in total. The minimum Gasteiger partial charge on any atom is -0.445 e. The van der Waals surface area contributed by atoms with Crippen molar-refractivity contribution in [1.82, 2.24) is 0 Å². The van der Waals surface area contributed by atoms with Crippen molar-refractivity contribution in [3.8, 4) is 0 Å². The summed E-state index contributed by atoms with van der Waals surface area (Å²) in [5.74, 6) is -0.0899. The Morgan fingerprint density at radius 1 is 1.29 bits per heavy atom. The van der Waals surface area contributed by atoms with Crippen molar-refractivity contribution < 1.29 is 64.3 Å². The first-order valence-electron chi connectivity index (χ1n) is 4.88. The number of aryl methyl sites for hydroxylation is 2. The van der Waals surface area contributed by atoms with Crippen LogP contribution in [0.2, 0.25) is 0 Å². The second-order valence-electron chi connectivity index (χ2n) is 3.79. The fraction of sp³-hybridized carbons (Fsp3) is 0.273. The average Bonchev–Trinajstić information content (AvgIpc) is 2.14. The molecule has 6 heteroatoms. The van der Waals surface area contributed by atoms with Crippen LogP contribution in [0.1, 0.15) is 11.1 Å². The number of rotatable bonds is 4. The Labute approximate surface area is 147 Å². The minimum absolute atomic E-state index is 0. The van der Waals surface area contributed by atoms with E-state index in [1.807, 2.05) is 32.0 Å². The molecule has 0 radical (unpaired) electrons. The zero-order valence-corrected chi connectivity index (χ0v) is 14.2. The summed E-state index contributed by atoms with van der Waals surface area (Å²) >= 11 is 1.19. The second-order valence-corrected chi connectivity index (χ2v) is 4.81. The van der Waals surface area contributed by atoms with E-state index in [-0.39, 0.29) is 57.1 Å². The van der Waals surface area contributed by atoms with Crippen molar-refractivity contribution in [2.75, 3.05) is 5.75 Å². The first-order chi connectivity index (χ1) is 7.30.